The van der Waals surface area contributed by atoms with Gasteiger partial charge in [0.15, 0.2) is 0 Å². The first kappa shape index (κ1) is 13.7. The van der Waals surface area contributed by atoms with Gasteiger partial charge in [-0.2, -0.15) is 0 Å². The average molecular weight is 322 g/mol. The van der Waals surface area contributed by atoms with E-state index in [2.05, 4.69) is 21.2 Å². The quantitative estimate of drug-likeness (QED) is 0.906. The van der Waals surface area contributed by atoms with Gasteiger partial charge in [-0.15, -0.1) is 0 Å². The second kappa shape index (κ2) is 5.97. The third-order valence-electron chi connectivity index (χ3n) is 2.82. The summed E-state index contributed by atoms with van der Waals surface area (Å²) in [5.41, 5.74) is 1.46. The summed E-state index contributed by atoms with van der Waals surface area (Å²) >= 11 is 3.32. The van der Waals surface area contributed by atoms with Gasteiger partial charge in [0.2, 0.25) is 0 Å². The Morgan fingerprint density at radius 3 is 2.26 bits per heavy atom. The molecule has 0 saturated heterocycles. The lowest BCUT2D eigenvalue weighted by molar-refractivity contribution is 0.0940. The summed E-state index contributed by atoms with van der Waals surface area (Å²) in [7, 11) is 0. The van der Waals surface area contributed by atoms with Crippen molar-refractivity contribution >= 4 is 21.8 Å². The van der Waals surface area contributed by atoms with E-state index in [4.69, 9.17) is 0 Å². The number of benzene rings is 2. The Labute approximate surface area is 119 Å². The maximum absolute atomic E-state index is 12.8. The lowest BCUT2D eigenvalue weighted by Gasteiger charge is -2.14. The molecule has 0 heterocycles. The van der Waals surface area contributed by atoms with E-state index < -0.39 is 0 Å². The number of carbonyl (C=O) groups is 1. The fourth-order valence-corrected chi connectivity index (χ4v) is 1.98. The molecule has 0 saturated carbocycles. The molecule has 0 bridgehead atoms. The molecule has 0 spiro atoms. The van der Waals surface area contributed by atoms with Gasteiger partial charge >= 0.3 is 0 Å². The second-order valence-electron chi connectivity index (χ2n) is 4.25. The van der Waals surface area contributed by atoms with Gasteiger partial charge in [0.1, 0.15) is 5.82 Å². The van der Waals surface area contributed by atoms with E-state index in [-0.39, 0.29) is 17.8 Å². The molecule has 1 amide bonds. The summed E-state index contributed by atoms with van der Waals surface area (Å²) in [5.74, 6) is -0.431. The van der Waals surface area contributed by atoms with Crippen LogP contribution in [-0.4, -0.2) is 5.91 Å². The third-order valence-corrected chi connectivity index (χ3v) is 3.35. The van der Waals surface area contributed by atoms with Crippen molar-refractivity contribution in [3.63, 3.8) is 0 Å². The number of nitrogens with one attached hydrogen (secondary N) is 1. The molecular weight excluding hydrogens is 309 g/mol. The molecule has 0 aromatic heterocycles. The molecule has 1 N–H and O–H groups in total. The van der Waals surface area contributed by atoms with Crippen LogP contribution in [0.15, 0.2) is 53.0 Å². The topological polar surface area (TPSA) is 29.1 Å². The summed E-state index contributed by atoms with van der Waals surface area (Å²) in [5, 5.41) is 2.87. The van der Waals surface area contributed by atoms with E-state index >= 15 is 0 Å². The van der Waals surface area contributed by atoms with Gasteiger partial charge in [0.25, 0.3) is 5.91 Å². The molecule has 0 fully saturated rings. The van der Waals surface area contributed by atoms with E-state index in [1.54, 1.807) is 24.3 Å². The summed E-state index contributed by atoms with van der Waals surface area (Å²) in [4.78, 5) is 12.0. The number of hydrogen-bond acceptors (Lipinski definition) is 1. The first-order valence-electron chi connectivity index (χ1n) is 5.88. The van der Waals surface area contributed by atoms with Crippen molar-refractivity contribution in [1.82, 2.24) is 5.32 Å². The molecule has 0 aliphatic rings. The Balaban J connectivity index is 2.06. The lowest BCUT2D eigenvalue weighted by Crippen LogP contribution is -2.26. The standard InChI is InChI=1S/C15H13BrFNO/c1-10(11-4-8-14(17)9-5-11)18-15(19)12-2-6-13(16)7-3-12/h2-10H,1H3,(H,18,19). The summed E-state index contributed by atoms with van der Waals surface area (Å²) in [6.45, 7) is 1.87. The number of rotatable bonds is 3. The van der Waals surface area contributed by atoms with Crippen LogP contribution in [0.4, 0.5) is 4.39 Å². The molecule has 0 radical (unpaired) electrons. The van der Waals surface area contributed by atoms with E-state index in [0.29, 0.717) is 5.56 Å². The fraction of sp³-hybridized carbons (Fsp3) is 0.133. The van der Waals surface area contributed by atoms with Crippen LogP contribution in [0.1, 0.15) is 28.9 Å². The minimum Gasteiger partial charge on any atom is -0.346 e. The van der Waals surface area contributed by atoms with Crippen LogP contribution < -0.4 is 5.32 Å². The molecule has 2 aromatic carbocycles. The van der Waals surface area contributed by atoms with E-state index in [1.165, 1.54) is 12.1 Å². The molecular formula is C15H13BrFNO. The maximum atomic E-state index is 12.8. The van der Waals surface area contributed by atoms with Crippen LogP contribution in [-0.2, 0) is 0 Å². The zero-order chi connectivity index (χ0) is 13.8. The summed E-state index contributed by atoms with van der Waals surface area (Å²) < 4.78 is 13.8. The maximum Gasteiger partial charge on any atom is 0.251 e. The van der Waals surface area contributed by atoms with Crippen molar-refractivity contribution in [3.05, 3.63) is 69.9 Å². The Morgan fingerprint density at radius 1 is 1.11 bits per heavy atom. The predicted octanol–water partition coefficient (Wildman–Crippen LogP) is 4.08. The van der Waals surface area contributed by atoms with Gasteiger partial charge in [0, 0.05) is 10.0 Å². The molecule has 2 nitrogen and oxygen atoms in total. The Morgan fingerprint density at radius 2 is 1.68 bits per heavy atom. The first-order chi connectivity index (χ1) is 9.06. The molecule has 19 heavy (non-hydrogen) atoms. The van der Waals surface area contributed by atoms with E-state index in [0.717, 1.165) is 10.0 Å². The number of amides is 1. The normalized spacial score (nSPS) is 11.9. The van der Waals surface area contributed by atoms with Crippen molar-refractivity contribution < 1.29 is 9.18 Å². The molecule has 1 atom stereocenters. The molecule has 0 aliphatic carbocycles. The summed E-state index contributed by atoms with van der Waals surface area (Å²) in [6, 6.07) is 13.1. The lowest BCUT2D eigenvalue weighted by atomic mass is 10.1. The van der Waals surface area contributed by atoms with Crippen molar-refractivity contribution in [2.24, 2.45) is 0 Å². The van der Waals surface area contributed by atoms with Crippen molar-refractivity contribution in [2.45, 2.75) is 13.0 Å². The molecule has 0 aliphatic heterocycles. The average Bonchev–Trinajstić information content (AvgIpc) is 2.40. The van der Waals surface area contributed by atoms with Crippen molar-refractivity contribution in [3.8, 4) is 0 Å². The molecule has 2 aromatic rings. The number of hydrogen-bond donors (Lipinski definition) is 1. The highest BCUT2D eigenvalue weighted by Crippen LogP contribution is 2.15. The second-order valence-corrected chi connectivity index (χ2v) is 5.17. The monoisotopic (exact) mass is 321 g/mol. The van der Waals surface area contributed by atoms with Gasteiger partial charge in [-0.05, 0) is 48.9 Å². The summed E-state index contributed by atoms with van der Waals surface area (Å²) in [6.07, 6.45) is 0. The Kier molecular flexibility index (Phi) is 4.32. The van der Waals surface area contributed by atoms with Gasteiger partial charge in [0.05, 0.1) is 6.04 Å². The SMILES string of the molecule is CC(NC(=O)c1ccc(Br)cc1)c1ccc(F)cc1. The highest BCUT2D eigenvalue weighted by atomic mass is 79.9. The van der Waals surface area contributed by atoms with Crippen molar-refractivity contribution in [1.29, 1.82) is 0 Å². The van der Waals surface area contributed by atoms with Crippen molar-refractivity contribution in [2.75, 3.05) is 0 Å². The zero-order valence-corrected chi connectivity index (χ0v) is 11.9. The smallest absolute Gasteiger partial charge is 0.251 e. The van der Waals surface area contributed by atoms with Crippen LogP contribution in [0, 0.1) is 5.82 Å². The molecule has 1 unspecified atom stereocenters. The minimum absolute atomic E-state index is 0.149. The van der Waals surface area contributed by atoms with E-state index in [1.807, 2.05) is 19.1 Å². The minimum atomic E-state index is -0.282. The van der Waals surface area contributed by atoms with Crippen LogP contribution in [0.5, 0.6) is 0 Å². The zero-order valence-electron chi connectivity index (χ0n) is 10.4. The molecule has 2 rings (SSSR count). The largest absolute Gasteiger partial charge is 0.346 e. The third kappa shape index (κ3) is 3.64. The Hall–Kier alpha value is -1.68. The molecule has 4 heteroatoms. The van der Waals surface area contributed by atoms with Gasteiger partial charge in [-0.1, -0.05) is 28.1 Å². The first-order valence-corrected chi connectivity index (χ1v) is 6.67. The van der Waals surface area contributed by atoms with Gasteiger partial charge < -0.3 is 5.32 Å². The van der Waals surface area contributed by atoms with Crippen LogP contribution in [0.25, 0.3) is 0 Å². The van der Waals surface area contributed by atoms with E-state index in [9.17, 15) is 9.18 Å². The highest BCUT2D eigenvalue weighted by molar-refractivity contribution is 9.10. The molecule has 98 valence electrons. The number of carbonyl (C=O) groups excluding carboxylic acids is 1. The van der Waals surface area contributed by atoms with Crippen LogP contribution in [0.2, 0.25) is 0 Å². The van der Waals surface area contributed by atoms with Crippen LogP contribution in [0.3, 0.4) is 0 Å². The predicted molar refractivity (Wildman–Crippen MR) is 76.4 cm³/mol. The highest BCUT2D eigenvalue weighted by Gasteiger charge is 2.11. The Bertz CT molecular complexity index is 566. The van der Waals surface area contributed by atoms with Gasteiger partial charge in [-0.3, -0.25) is 4.79 Å². The van der Waals surface area contributed by atoms with Crippen LogP contribution >= 0.6 is 15.9 Å². The van der Waals surface area contributed by atoms with Gasteiger partial charge in [-0.25, -0.2) is 4.39 Å². The number of halogens is 2. The fourth-order valence-electron chi connectivity index (χ4n) is 1.72.